The van der Waals surface area contributed by atoms with Crippen molar-refractivity contribution in [3.8, 4) is 5.75 Å². The van der Waals surface area contributed by atoms with E-state index in [1.165, 1.54) is 12.1 Å². The summed E-state index contributed by atoms with van der Waals surface area (Å²) in [7, 11) is -3.61. The molecule has 0 saturated heterocycles. The van der Waals surface area contributed by atoms with Crippen LogP contribution in [0.15, 0.2) is 46.4 Å². The Morgan fingerprint density at radius 3 is 2.76 bits per heavy atom. The van der Waals surface area contributed by atoms with Crippen molar-refractivity contribution in [1.82, 2.24) is 4.83 Å². The molecule has 2 unspecified atom stereocenters. The van der Waals surface area contributed by atoms with Crippen LogP contribution >= 0.6 is 0 Å². The summed E-state index contributed by atoms with van der Waals surface area (Å²) >= 11 is 0. The van der Waals surface area contributed by atoms with Gasteiger partial charge in [-0.05, 0) is 49.9 Å². The fourth-order valence-electron chi connectivity index (χ4n) is 2.72. The zero-order valence-electron chi connectivity index (χ0n) is 11.8. The van der Waals surface area contributed by atoms with Crippen LogP contribution in [0.2, 0.25) is 0 Å². The van der Waals surface area contributed by atoms with Crippen LogP contribution in [0.3, 0.4) is 0 Å². The molecule has 1 N–H and O–H groups in total. The highest BCUT2D eigenvalue weighted by Crippen LogP contribution is 2.40. The Bertz CT molecular complexity index is 677. The molecule has 3 rings (SSSR count). The van der Waals surface area contributed by atoms with Gasteiger partial charge in [-0.3, -0.25) is 0 Å². The number of hydrogen-bond donors (Lipinski definition) is 1. The third-order valence-corrected chi connectivity index (χ3v) is 5.14. The molecule has 0 aliphatic heterocycles. The first-order valence-corrected chi connectivity index (χ1v) is 8.56. The summed E-state index contributed by atoms with van der Waals surface area (Å²) in [5.74, 6) is 1.60. The summed E-state index contributed by atoms with van der Waals surface area (Å²) < 4.78 is 29.6. The number of ether oxygens (including phenoxy) is 1. The van der Waals surface area contributed by atoms with E-state index >= 15 is 0 Å². The predicted octanol–water partition coefficient (Wildman–Crippen LogP) is 2.32. The Morgan fingerprint density at radius 1 is 1.33 bits per heavy atom. The first-order chi connectivity index (χ1) is 10.1. The van der Waals surface area contributed by atoms with Crippen LogP contribution in [0.4, 0.5) is 0 Å². The fraction of sp³-hybridized carbons (Fsp3) is 0.400. The molecule has 2 aliphatic rings. The van der Waals surface area contributed by atoms with E-state index in [0.29, 0.717) is 24.2 Å². The minimum atomic E-state index is -3.61. The highest BCUT2D eigenvalue weighted by atomic mass is 32.2. The normalized spacial score (nSPS) is 25.5. The number of hydrogen-bond acceptors (Lipinski definition) is 4. The van der Waals surface area contributed by atoms with Gasteiger partial charge in [-0.2, -0.15) is 13.5 Å². The van der Waals surface area contributed by atoms with Crippen molar-refractivity contribution in [2.75, 3.05) is 6.61 Å². The molecule has 1 fully saturated rings. The van der Waals surface area contributed by atoms with Gasteiger partial charge in [0, 0.05) is 11.6 Å². The summed E-state index contributed by atoms with van der Waals surface area (Å²) in [4.78, 5) is 2.52. The van der Waals surface area contributed by atoms with E-state index in [4.69, 9.17) is 4.74 Å². The number of nitrogens with zero attached hydrogens (tertiary/aromatic N) is 1. The van der Waals surface area contributed by atoms with Crippen LogP contribution in [-0.4, -0.2) is 20.7 Å². The van der Waals surface area contributed by atoms with E-state index in [9.17, 15) is 8.42 Å². The van der Waals surface area contributed by atoms with Crippen LogP contribution < -0.4 is 9.57 Å². The lowest BCUT2D eigenvalue weighted by molar-refractivity contribution is 0.340. The smallest absolute Gasteiger partial charge is 0.276 e. The zero-order chi connectivity index (χ0) is 14.9. The van der Waals surface area contributed by atoms with Crippen molar-refractivity contribution in [2.45, 2.75) is 24.7 Å². The molecule has 112 valence electrons. The molecular formula is C15H18N2O3S. The molecule has 0 spiro atoms. The lowest BCUT2D eigenvalue weighted by Gasteiger charge is -2.31. The molecule has 0 heterocycles. The van der Waals surface area contributed by atoms with Crippen LogP contribution in [0.5, 0.6) is 5.75 Å². The van der Waals surface area contributed by atoms with Crippen molar-refractivity contribution in [2.24, 2.45) is 16.9 Å². The fourth-order valence-corrected chi connectivity index (χ4v) is 3.55. The Labute approximate surface area is 124 Å². The minimum Gasteiger partial charge on any atom is -0.494 e. The molecule has 6 heteroatoms. The zero-order valence-corrected chi connectivity index (χ0v) is 12.6. The van der Waals surface area contributed by atoms with Crippen LogP contribution in [0.1, 0.15) is 19.8 Å². The molecule has 21 heavy (non-hydrogen) atoms. The van der Waals surface area contributed by atoms with Gasteiger partial charge >= 0.3 is 0 Å². The summed E-state index contributed by atoms with van der Waals surface area (Å²) in [6.07, 6.45) is 6.14. The molecular weight excluding hydrogens is 288 g/mol. The minimum absolute atomic E-state index is 0.190. The lowest BCUT2D eigenvalue weighted by atomic mass is 9.74. The highest BCUT2D eigenvalue weighted by Gasteiger charge is 2.38. The second kappa shape index (κ2) is 5.52. The maximum Gasteiger partial charge on any atom is 0.276 e. The van der Waals surface area contributed by atoms with Crippen molar-refractivity contribution >= 4 is 15.7 Å². The molecule has 0 bridgehead atoms. The average molecular weight is 306 g/mol. The summed E-state index contributed by atoms with van der Waals surface area (Å²) in [5, 5.41) is 4.09. The second-order valence-corrected chi connectivity index (χ2v) is 6.90. The number of allylic oxidation sites excluding steroid dienone is 2. The maximum absolute atomic E-state index is 12.2. The molecule has 0 amide bonds. The van der Waals surface area contributed by atoms with Gasteiger partial charge in [0.1, 0.15) is 5.75 Å². The lowest BCUT2D eigenvalue weighted by Crippen LogP contribution is -2.35. The molecule has 1 aromatic rings. The van der Waals surface area contributed by atoms with Gasteiger partial charge in [0.2, 0.25) is 0 Å². The van der Waals surface area contributed by atoms with Crippen molar-refractivity contribution in [3.05, 3.63) is 36.4 Å². The van der Waals surface area contributed by atoms with Gasteiger partial charge in [-0.15, -0.1) is 0 Å². The maximum atomic E-state index is 12.2. The number of sulfonamides is 1. The molecule has 1 saturated carbocycles. The predicted molar refractivity (Wildman–Crippen MR) is 80.7 cm³/mol. The molecule has 1 aromatic carbocycles. The molecule has 2 aliphatic carbocycles. The van der Waals surface area contributed by atoms with Gasteiger partial charge in [0.25, 0.3) is 10.0 Å². The third kappa shape index (κ3) is 2.81. The number of hydrazone groups is 1. The quantitative estimate of drug-likeness (QED) is 0.670. The van der Waals surface area contributed by atoms with E-state index in [1.54, 1.807) is 12.1 Å². The topological polar surface area (TPSA) is 67.8 Å². The number of fused-ring (bicyclic) bond motifs is 1. The summed E-state index contributed by atoms with van der Waals surface area (Å²) in [6.45, 7) is 2.43. The molecule has 2 atom stereocenters. The Morgan fingerprint density at radius 2 is 2.10 bits per heavy atom. The van der Waals surface area contributed by atoms with Crippen molar-refractivity contribution < 1.29 is 13.2 Å². The second-order valence-electron chi connectivity index (χ2n) is 5.24. The van der Waals surface area contributed by atoms with Crippen LogP contribution in [0, 0.1) is 11.8 Å². The van der Waals surface area contributed by atoms with Gasteiger partial charge in [-0.1, -0.05) is 12.2 Å². The van der Waals surface area contributed by atoms with Crippen molar-refractivity contribution in [1.29, 1.82) is 0 Å². The Hall–Kier alpha value is -1.82. The van der Waals surface area contributed by atoms with E-state index < -0.39 is 10.0 Å². The van der Waals surface area contributed by atoms with E-state index in [0.717, 1.165) is 18.6 Å². The molecule has 0 radical (unpaired) electrons. The number of rotatable bonds is 5. The standard InChI is InChI=1S/C15H18N2O3S/c1-2-20-12-6-8-13(9-7-12)21(18,19)17-16-15-10-11-4-3-5-14(11)15/h3-4,6-9,11,14,17H,2,5,10H2,1H3/b16-15-. The van der Waals surface area contributed by atoms with Gasteiger partial charge < -0.3 is 4.74 Å². The first kappa shape index (κ1) is 14.1. The van der Waals surface area contributed by atoms with Crippen LogP contribution in [-0.2, 0) is 10.0 Å². The van der Waals surface area contributed by atoms with Crippen LogP contribution in [0.25, 0.3) is 0 Å². The number of benzene rings is 1. The Kier molecular flexibility index (Phi) is 3.71. The van der Waals surface area contributed by atoms with Gasteiger partial charge in [0.15, 0.2) is 0 Å². The van der Waals surface area contributed by atoms with E-state index in [2.05, 4.69) is 22.1 Å². The molecule has 0 aromatic heterocycles. The average Bonchev–Trinajstić information content (AvgIpc) is 2.81. The van der Waals surface area contributed by atoms with E-state index in [-0.39, 0.29) is 4.90 Å². The monoisotopic (exact) mass is 306 g/mol. The first-order valence-electron chi connectivity index (χ1n) is 7.08. The largest absolute Gasteiger partial charge is 0.494 e. The third-order valence-electron chi connectivity index (χ3n) is 3.92. The van der Waals surface area contributed by atoms with Gasteiger partial charge in [-0.25, -0.2) is 4.83 Å². The number of nitrogens with one attached hydrogen (secondary N) is 1. The molecule has 5 nitrogen and oxygen atoms in total. The van der Waals surface area contributed by atoms with Gasteiger partial charge in [0.05, 0.1) is 11.5 Å². The summed E-state index contributed by atoms with van der Waals surface area (Å²) in [5.41, 5.74) is 0.944. The van der Waals surface area contributed by atoms with E-state index in [1.807, 2.05) is 6.92 Å². The Balaban J connectivity index is 1.68. The summed E-state index contributed by atoms with van der Waals surface area (Å²) in [6, 6.07) is 6.33. The SMILES string of the molecule is CCOc1ccc(S(=O)(=O)N/N=C2/CC3C=CCC23)cc1. The van der Waals surface area contributed by atoms with Crippen molar-refractivity contribution in [3.63, 3.8) is 0 Å². The highest BCUT2D eigenvalue weighted by molar-refractivity contribution is 7.89.